The molecule has 2 rings (SSSR count). The Hall–Kier alpha value is -1.45. The van der Waals surface area contributed by atoms with Gasteiger partial charge in [-0.15, -0.1) is 22.7 Å². The molecule has 21 heavy (non-hydrogen) atoms. The number of thiophene rings is 1. The maximum Gasteiger partial charge on any atom is 0.349 e. The lowest BCUT2D eigenvalue weighted by atomic mass is 10.3. The molecule has 2 aromatic rings. The molecule has 2 aromatic heterocycles. The van der Waals surface area contributed by atoms with E-state index in [1.807, 2.05) is 6.92 Å². The lowest BCUT2D eigenvalue weighted by Gasteiger charge is -2.07. The summed E-state index contributed by atoms with van der Waals surface area (Å²) in [4.78, 5) is 16.7. The van der Waals surface area contributed by atoms with Crippen molar-refractivity contribution < 1.29 is 17.9 Å². The van der Waals surface area contributed by atoms with Crippen LogP contribution in [0.2, 0.25) is 0 Å². The molecule has 0 aliphatic carbocycles. The van der Waals surface area contributed by atoms with Crippen molar-refractivity contribution in [3.8, 4) is 0 Å². The fourth-order valence-electron chi connectivity index (χ4n) is 1.69. The molecule has 0 atom stereocenters. The van der Waals surface area contributed by atoms with E-state index in [9.17, 15) is 13.2 Å². The molecule has 6 nitrogen and oxygen atoms in total. The molecule has 0 bridgehead atoms. The van der Waals surface area contributed by atoms with Crippen molar-refractivity contribution >= 4 is 43.8 Å². The van der Waals surface area contributed by atoms with Gasteiger partial charge in [0.05, 0.1) is 7.11 Å². The van der Waals surface area contributed by atoms with Gasteiger partial charge in [0.25, 0.3) is 10.0 Å². The Morgan fingerprint density at radius 2 is 2.19 bits per heavy atom. The molecule has 0 spiro atoms. The van der Waals surface area contributed by atoms with Gasteiger partial charge < -0.3 is 4.74 Å². The van der Waals surface area contributed by atoms with Gasteiger partial charge in [0, 0.05) is 11.1 Å². The highest BCUT2D eigenvalue weighted by Crippen LogP contribution is 2.30. The normalized spacial score (nSPS) is 11.4. The van der Waals surface area contributed by atoms with Gasteiger partial charge in [-0.25, -0.2) is 18.2 Å². The number of carbonyl (C=O) groups is 1. The molecular formula is C12H14N2O4S3. The van der Waals surface area contributed by atoms with Crippen LogP contribution in [0.3, 0.4) is 0 Å². The first-order chi connectivity index (χ1) is 9.89. The summed E-state index contributed by atoms with van der Waals surface area (Å²) in [5.41, 5.74) is 0.500. The van der Waals surface area contributed by atoms with Crippen molar-refractivity contribution in [1.82, 2.24) is 4.98 Å². The zero-order valence-electron chi connectivity index (χ0n) is 11.7. The van der Waals surface area contributed by atoms with Crippen molar-refractivity contribution in [1.29, 1.82) is 0 Å². The second-order valence-corrected chi connectivity index (χ2v) is 7.77. The predicted molar refractivity (Wildman–Crippen MR) is 82.7 cm³/mol. The quantitative estimate of drug-likeness (QED) is 0.841. The van der Waals surface area contributed by atoms with Gasteiger partial charge in [-0.1, -0.05) is 6.92 Å². The number of rotatable bonds is 5. The molecule has 114 valence electrons. The average molecular weight is 346 g/mol. The van der Waals surface area contributed by atoms with Crippen molar-refractivity contribution in [2.24, 2.45) is 0 Å². The molecule has 9 heteroatoms. The number of thiazole rings is 1. The molecule has 0 aromatic carbocycles. The van der Waals surface area contributed by atoms with Crippen LogP contribution >= 0.6 is 22.7 Å². The topological polar surface area (TPSA) is 85.4 Å². The fraction of sp³-hybridized carbons (Fsp3) is 0.333. The van der Waals surface area contributed by atoms with Crippen molar-refractivity contribution in [2.75, 3.05) is 11.8 Å². The van der Waals surface area contributed by atoms with E-state index < -0.39 is 16.0 Å². The summed E-state index contributed by atoms with van der Waals surface area (Å²) in [5, 5.41) is 1.90. The highest BCUT2D eigenvalue weighted by molar-refractivity contribution is 7.93. The first kappa shape index (κ1) is 15.9. The predicted octanol–water partition coefficient (Wildman–Crippen LogP) is 2.66. The maximum atomic E-state index is 12.5. The van der Waals surface area contributed by atoms with E-state index in [0.717, 1.165) is 22.6 Å². The van der Waals surface area contributed by atoms with E-state index in [2.05, 4.69) is 14.4 Å². The number of aryl methyl sites for hydroxylation is 2. The third kappa shape index (κ3) is 3.25. The molecule has 0 amide bonds. The van der Waals surface area contributed by atoms with Crippen LogP contribution in [0, 0.1) is 6.92 Å². The van der Waals surface area contributed by atoms with E-state index in [0.29, 0.717) is 5.56 Å². The number of nitrogens with zero attached hydrogens (tertiary/aromatic N) is 1. The number of sulfonamides is 1. The van der Waals surface area contributed by atoms with Gasteiger partial charge in [0.15, 0.2) is 5.13 Å². The Kier molecular flexibility index (Phi) is 4.64. The zero-order valence-corrected chi connectivity index (χ0v) is 14.1. The maximum absolute atomic E-state index is 12.5. The number of hydrogen-bond acceptors (Lipinski definition) is 7. The van der Waals surface area contributed by atoms with Gasteiger partial charge in [0.1, 0.15) is 9.77 Å². The second kappa shape index (κ2) is 6.12. The lowest BCUT2D eigenvalue weighted by Crippen LogP contribution is -2.16. The van der Waals surface area contributed by atoms with Crippen LogP contribution < -0.4 is 4.72 Å². The number of esters is 1. The highest BCUT2D eigenvalue weighted by Gasteiger charge is 2.28. The number of carbonyl (C=O) groups excluding carboxylic acids is 1. The van der Waals surface area contributed by atoms with E-state index in [1.54, 1.807) is 18.5 Å². The summed E-state index contributed by atoms with van der Waals surface area (Å²) < 4.78 is 32.0. The summed E-state index contributed by atoms with van der Waals surface area (Å²) in [5.74, 6) is -0.665. The van der Waals surface area contributed by atoms with Crippen LogP contribution in [0.1, 0.15) is 27.0 Å². The van der Waals surface area contributed by atoms with E-state index in [4.69, 9.17) is 0 Å². The molecule has 0 unspecified atom stereocenters. The minimum Gasteiger partial charge on any atom is -0.465 e. The number of ether oxygens (including phenoxy) is 1. The molecule has 0 saturated heterocycles. The Morgan fingerprint density at radius 3 is 2.76 bits per heavy atom. The average Bonchev–Trinajstić information content (AvgIpc) is 3.04. The van der Waals surface area contributed by atoms with Crippen LogP contribution in [0.25, 0.3) is 0 Å². The first-order valence-corrected chi connectivity index (χ1v) is 9.21. The second-order valence-electron chi connectivity index (χ2n) is 4.16. The summed E-state index contributed by atoms with van der Waals surface area (Å²) in [6.07, 6.45) is 2.41. The van der Waals surface area contributed by atoms with E-state index in [-0.39, 0.29) is 14.9 Å². The van der Waals surface area contributed by atoms with E-state index >= 15 is 0 Å². The largest absolute Gasteiger partial charge is 0.465 e. The van der Waals surface area contributed by atoms with Gasteiger partial charge in [-0.3, -0.25) is 4.72 Å². The van der Waals surface area contributed by atoms with Gasteiger partial charge >= 0.3 is 5.97 Å². The van der Waals surface area contributed by atoms with Gasteiger partial charge in [-0.2, -0.15) is 0 Å². The molecule has 0 radical (unpaired) electrons. The van der Waals surface area contributed by atoms with Crippen molar-refractivity contribution in [2.45, 2.75) is 25.2 Å². The molecule has 1 N–H and O–H groups in total. The first-order valence-electron chi connectivity index (χ1n) is 6.03. The Bertz CT molecular complexity index is 761. The minimum atomic E-state index is -3.87. The molecular weight excluding hydrogens is 332 g/mol. The molecule has 0 aliphatic rings. The highest BCUT2D eigenvalue weighted by atomic mass is 32.2. The Balaban J connectivity index is 2.40. The van der Waals surface area contributed by atoms with Crippen molar-refractivity contribution in [3.05, 3.63) is 26.9 Å². The zero-order chi connectivity index (χ0) is 15.6. The SMILES string of the molecule is CCc1cnc(NS(=O)(=O)c2c(C)csc2C(=O)OC)s1. The molecule has 0 aliphatic heterocycles. The molecule has 2 heterocycles. The molecule has 0 fully saturated rings. The number of methoxy groups -OCH3 is 1. The third-order valence-corrected chi connectivity index (χ3v) is 6.60. The summed E-state index contributed by atoms with van der Waals surface area (Å²) >= 11 is 2.31. The number of nitrogens with one attached hydrogen (secondary N) is 1. The summed E-state index contributed by atoms with van der Waals surface area (Å²) in [7, 11) is -2.66. The van der Waals surface area contributed by atoms with Crippen molar-refractivity contribution in [3.63, 3.8) is 0 Å². The molecule has 0 saturated carbocycles. The lowest BCUT2D eigenvalue weighted by molar-refractivity contribution is 0.0602. The van der Waals surface area contributed by atoms with Crippen LogP contribution in [0.4, 0.5) is 5.13 Å². The third-order valence-electron chi connectivity index (χ3n) is 2.68. The number of anilines is 1. The van der Waals surface area contributed by atoms with E-state index in [1.165, 1.54) is 18.4 Å². The summed E-state index contributed by atoms with van der Waals surface area (Å²) in [6, 6.07) is 0. The number of aromatic nitrogens is 1. The van der Waals surface area contributed by atoms with Crippen LogP contribution in [0.15, 0.2) is 16.5 Å². The summed E-state index contributed by atoms with van der Waals surface area (Å²) in [6.45, 7) is 3.60. The smallest absolute Gasteiger partial charge is 0.349 e. The minimum absolute atomic E-state index is 0.0485. The standard InChI is InChI=1S/C12H14N2O4S3/c1-4-8-5-13-12(20-8)14-21(16,17)10-7(2)6-19-9(10)11(15)18-3/h5-6H,4H2,1-3H3,(H,13,14). The number of hydrogen-bond donors (Lipinski definition) is 1. The van der Waals surface area contributed by atoms with Gasteiger partial charge in [0.2, 0.25) is 0 Å². The fourth-order valence-corrected chi connectivity index (χ4v) is 5.39. The Morgan fingerprint density at radius 1 is 1.48 bits per heavy atom. The van der Waals surface area contributed by atoms with Crippen LogP contribution in [0.5, 0.6) is 0 Å². The van der Waals surface area contributed by atoms with Crippen LogP contribution in [-0.4, -0.2) is 26.5 Å². The van der Waals surface area contributed by atoms with Gasteiger partial charge in [-0.05, 0) is 24.3 Å². The monoisotopic (exact) mass is 346 g/mol. The Labute approximate surface area is 130 Å². The van der Waals surface area contributed by atoms with Crippen LogP contribution in [-0.2, 0) is 21.2 Å².